The Bertz CT molecular complexity index is 717. The van der Waals surface area contributed by atoms with Crippen LogP contribution in [0.4, 0.5) is 0 Å². The highest BCUT2D eigenvalue weighted by atomic mass is 16.5. The molecule has 140 valence electrons. The van der Waals surface area contributed by atoms with E-state index in [4.69, 9.17) is 4.74 Å². The predicted octanol–water partition coefficient (Wildman–Crippen LogP) is 0.987. The van der Waals surface area contributed by atoms with E-state index in [9.17, 15) is 9.90 Å². The SMILES string of the molecule is COc1ccc(CN(C)CC2(O)CCN(C(=O)Cn3ccnc3)C2)cc1. The number of β-amino-alcohol motifs (C(OH)–C–C–N with tert-alkyl or cyclic N) is 1. The molecule has 3 rings (SSSR count). The number of hydrogen-bond acceptors (Lipinski definition) is 5. The van der Waals surface area contributed by atoms with E-state index >= 15 is 0 Å². The lowest BCUT2D eigenvalue weighted by Crippen LogP contribution is -2.44. The highest BCUT2D eigenvalue weighted by Crippen LogP contribution is 2.23. The Kier molecular flexibility index (Phi) is 5.58. The molecule has 1 aliphatic rings. The summed E-state index contributed by atoms with van der Waals surface area (Å²) in [6.45, 7) is 2.47. The number of amides is 1. The summed E-state index contributed by atoms with van der Waals surface area (Å²) in [4.78, 5) is 20.2. The molecular weight excluding hydrogens is 332 g/mol. The van der Waals surface area contributed by atoms with Gasteiger partial charge in [-0.15, -0.1) is 0 Å². The van der Waals surface area contributed by atoms with E-state index in [1.54, 1.807) is 35.3 Å². The van der Waals surface area contributed by atoms with Gasteiger partial charge in [-0.2, -0.15) is 0 Å². The second-order valence-corrected chi connectivity index (χ2v) is 7.05. The maximum Gasteiger partial charge on any atom is 0.242 e. The average molecular weight is 358 g/mol. The molecule has 0 aliphatic carbocycles. The lowest BCUT2D eigenvalue weighted by atomic mass is 10.0. The monoisotopic (exact) mass is 358 g/mol. The Morgan fingerprint density at radius 1 is 1.38 bits per heavy atom. The number of carbonyl (C=O) groups is 1. The molecule has 2 heterocycles. The van der Waals surface area contributed by atoms with Gasteiger partial charge in [0.05, 0.1) is 25.6 Å². The summed E-state index contributed by atoms with van der Waals surface area (Å²) in [5, 5.41) is 10.9. The minimum absolute atomic E-state index is 0.0109. The van der Waals surface area contributed by atoms with Crippen molar-refractivity contribution in [1.29, 1.82) is 0 Å². The highest BCUT2D eigenvalue weighted by Gasteiger charge is 2.38. The van der Waals surface area contributed by atoms with Crippen LogP contribution in [-0.2, 0) is 17.9 Å². The van der Waals surface area contributed by atoms with Gasteiger partial charge in [-0.25, -0.2) is 4.98 Å². The smallest absolute Gasteiger partial charge is 0.242 e. The van der Waals surface area contributed by atoms with Crippen LogP contribution in [0.5, 0.6) is 5.75 Å². The van der Waals surface area contributed by atoms with E-state index in [-0.39, 0.29) is 12.5 Å². The number of rotatable bonds is 7. The fraction of sp³-hybridized carbons (Fsp3) is 0.474. The molecule has 0 saturated carbocycles. The van der Waals surface area contributed by atoms with Crippen molar-refractivity contribution in [3.8, 4) is 5.75 Å². The Balaban J connectivity index is 1.51. The zero-order valence-corrected chi connectivity index (χ0v) is 15.3. The van der Waals surface area contributed by atoms with Gasteiger partial charge >= 0.3 is 0 Å². The summed E-state index contributed by atoms with van der Waals surface area (Å²) in [5.74, 6) is 0.842. The summed E-state index contributed by atoms with van der Waals surface area (Å²) in [6.07, 6.45) is 5.64. The molecule has 1 atom stereocenters. The lowest BCUT2D eigenvalue weighted by molar-refractivity contribution is -0.131. The minimum atomic E-state index is -0.869. The van der Waals surface area contributed by atoms with E-state index in [0.29, 0.717) is 26.1 Å². The summed E-state index contributed by atoms with van der Waals surface area (Å²) >= 11 is 0. The first-order chi connectivity index (χ1) is 12.5. The number of methoxy groups -OCH3 is 1. The number of carbonyl (C=O) groups excluding carboxylic acids is 1. The molecule has 7 nitrogen and oxygen atoms in total. The normalized spacial score (nSPS) is 19.9. The number of aromatic nitrogens is 2. The van der Waals surface area contributed by atoms with Crippen molar-refractivity contribution in [3.63, 3.8) is 0 Å². The Labute approximate surface area is 153 Å². The fourth-order valence-electron chi connectivity index (χ4n) is 3.44. The second kappa shape index (κ2) is 7.88. The molecule has 0 radical (unpaired) electrons. The number of benzene rings is 1. The maximum atomic E-state index is 12.4. The van der Waals surface area contributed by atoms with E-state index in [2.05, 4.69) is 9.88 Å². The fourth-order valence-corrected chi connectivity index (χ4v) is 3.44. The number of imidazole rings is 1. The Hall–Kier alpha value is -2.38. The molecule has 1 aliphatic heterocycles. The van der Waals surface area contributed by atoms with E-state index < -0.39 is 5.60 Å². The third-order valence-corrected chi connectivity index (χ3v) is 4.74. The van der Waals surface area contributed by atoms with Gasteiger partial charge < -0.3 is 19.3 Å². The first-order valence-electron chi connectivity index (χ1n) is 8.75. The third kappa shape index (κ3) is 4.62. The zero-order valence-electron chi connectivity index (χ0n) is 15.3. The molecule has 7 heteroatoms. The Morgan fingerprint density at radius 2 is 2.15 bits per heavy atom. The number of nitrogens with zero attached hydrogens (tertiary/aromatic N) is 4. The topological polar surface area (TPSA) is 70.8 Å². The van der Waals surface area contributed by atoms with Crippen molar-refractivity contribution >= 4 is 5.91 Å². The van der Waals surface area contributed by atoms with Crippen LogP contribution >= 0.6 is 0 Å². The van der Waals surface area contributed by atoms with Gasteiger partial charge in [-0.3, -0.25) is 9.69 Å². The minimum Gasteiger partial charge on any atom is -0.497 e. The number of ether oxygens (including phenoxy) is 1. The van der Waals surface area contributed by atoms with Crippen LogP contribution in [0, 0.1) is 0 Å². The van der Waals surface area contributed by atoms with Crippen LogP contribution < -0.4 is 4.74 Å². The van der Waals surface area contributed by atoms with Crippen molar-refractivity contribution < 1.29 is 14.6 Å². The van der Waals surface area contributed by atoms with Crippen molar-refractivity contribution in [2.45, 2.75) is 25.1 Å². The van der Waals surface area contributed by atoms with Gasteiger partial charge in [-0.1, -0.05) is 12.1 Å². The average Bonchev–Trinajstić information content (AvgIpc) is 3.25. The molecule has 26 heavy (non-hydrogen) atoms. The largest absolute Gasteiger partial charge is 0.497 e. The first-order valence-corrected chi connectivity index (χ1v) is 8.75. The van der Waals surface area contributed by atoms with Gasteiger partial charge in [0.25, 0.3) is 0 Å². The molecule has 1 amide bonds. The van der Waals surface area contributed by atoms with Crippen LogP contribution in [0.2, 0.25) is 0 Å². The number of hydrogen-bond donors (Lipinski definition) is 1. The van der Waals surface area contributed by atoms with Crippen LogP contribution in [-0.4, -0.2) is 69.8 Å². The molecule has 2 aromatic rings. The molecular formula is C19H26N4O3. The van der Waals surface area contributed by atoms with Gasteiger partial charge in [0.2, 0.25) is 5.91 Å². The third-order valence-electron chi connectivity index (χ3n) is 4.74. The zero-order chi connectivity index (χ0) is 18.6. The first kappa shape index (κ1) is 18.4. The van der Waals surface area contributed by atoms with Crippen molar-refractivity contribution in [1.82, 2.24) is 19.4 Å². The molecule has 1 fully saturated rings. The quantitative estimate of drug-likeness (QED) is 0.799. The van der Waals surface area contributed by atoms with Gasteiger partial charge in [0.1, 0.15) is 12.3 Å². The highest BCUT2D eigenvalue weighted by molar-refractivity contribution is 5.76. The van der Waals surface area contributed by atoms with Crippen molar-refractivity contribution in [2.24, 2.45) is 0 Å². The summed E-state index contributed by atoms with van der Waals surface area (Å²) in [5.41, 5.74) is 0.286. The summed E-state index contributed by atoms with van der Waals surface area (Å²) < 4.78 is 6.92. The van der Waals surface area contributed by atoms with E-state index in [1.807, 2.05) is 31.3 Å². The number of aliphatic hydroxyl groups is 1. The van der Waals surface area contributed by atoms with Crippen LogP contribution in [0.1, 0.15) is 12.0 Å². The molecule has 1 saturated heterocycles. The Morgan fingerprint density at radius 3 is 2.81 bits per heavy atom. The number of likely N-dealkylation sites (tertiary alicyclic amines) is 1. The summed E-state index contributed by atoms with van der Waals surface area (Å²) in [6, 6.07) is 7.91. The predicted molar refractivity (Wildman–Crippen MR) is 97.7 cm³/mol. The molecule has 1 unspecified atom stereocenters. The van der Waals surface area contributed by atoms with Gasteiger partial charge in [0.15, 0.2) is 0 Å². The van der Waals surface area contributed by atoms with Crippen LogP contribution in [0.25, 0.3) is 0 Å². The molecule has 1 aromatic heterocycles. The lowest BCUT2D eigenvalue weighted by Gasteiger charge is -2.29. The molecule has 1 aromatic carbocycles. The van der Waals surface area contributed by atoms with Crippen LogP contribution in [0.3, 0.4) is 0 Å². The standard InChI is InChI=1S/C19H26N4O3/c1-21(11-16-3-5-17(26-2)6-4-16)13-19(25)7-9-23(14-19)18(24)12-22-10-8-20-15-22/h3-6,8,10,15,25H,7,9,11-14H2,1-2H3. The second-order valence-electron chi connectivity index (χ2n) is 7.05. The maximum absolute atomic E-state index is 12.4. The van der Waals surface area contributed by atoms with E-state index in [1.165, 1.54) is 0 Å². The number of likely N-dealkylation sites (N-methyl/N-ethyl adjacent to an activating group) is 1. The van der Waals surface area contributed by atoms with E-state index in [0.717, 1.165) is 17.9 Å². The van der Waals surface area contributed by atoms with Crippen molar-refractivity contribution in [3.05, 3.63) is 48.5 Å². The molecule has 0 spiro atoms. The van der Waals surface area contributed by atoms with Gasteiger partial charge in [0, 0.05) is 32.0 Å². The molecule has 1 N–H and O–H groups in total. The summed E-state index contributed by atoms with van der Waals surface area (Å²) in [7, 11) is 3.63. The van der Waals surface area contributed by atoms with Crippen LogP contribution in [0.15, 0.2) is 43.0 Å². The molecule has 0 bridgehead atoms. The van der Waals surface area contributed by atoms with Gasteiger partial charge in [-0.05, 0) is 31.2 Å². The van der Waals surface area contributed by atoms with Crippen molar-refractivity contribution in [2.75, 3.05) is 33.8 Å².